The van der Waals surface area contributed by atoms with Gasteiger partial charge in [-0.2, -0.15) is 0 Å². The number of esters is 1. The third kappa shape index (κ3) is 6.71. The van der Waals surface area contributed by atoms with Gasteiger partial charge < -0.3 is 30.4 Å². The van der Waals surface area contributed by atoms with Gasteiger partial charge in [-0.1, -0.05) is 0 Å². The number of aliphatic hydroxyl groups excluding tert-OH is 1. The van der Waals surface area contributed by atoms with Crippen LogP contribution < -0.4 is 26.2 Å². The van der Waals surface area contributed by atoms with Crippen molar-refractivity contribution < 1.29 is 28.5 Å². The van der Waals surface area contributed by atoms with Crippen LogP contribution in [0.4, 0.5) is 10.1 Å². The molecule has 0 spiro atoms. The molecule has 4 rings (SSSR count). The number of carbonyl (C=O) groups excluding carboxylic acids is 1. The van der Waals surface area contributed by atoms with Crippen LogP contribution in [-0.4, -0.2) is 62.0 Å². The Morgan fingerprint density at radius 1 is 1.27 bits per heavy atom. The van der Waals surface area contributed by atoms with Crippen LogP contribution in [-0.2, 0) is 16.1 Å². The number of hydrogen-bond donors (Lipinski definition) is 5. The predicted molar refractivity (Wildman–Crippen MR) is 144 cm³/mol. The second-order valence-corrected chi connectivity index (χ2v) is 8.54. The van der Waals surface area contributed by atoms with Crippen molar-refractivity contribution in [2.45, 2.75) is 19.6 Å². The summed E-state index contributed by atoms with van der Waals surface area (Å²) >= 11 is 0. The predicted octanol–water partition coefficient (Wildman–Crippen LogP) is 1.42. The summed E-state index contributed by atoms with van der Waals surface area (Å²) in [5, 5.41) is 24.3. The van der Waals surface area contributed by atoms with Gasteiger partial charge in [-0.05, 0) is 30.3 Å². The third-order valence-corrected chi connectivity index (χ3v) is 5.68. The number of nitrogens with one attached hydrogen (secondary N) is 3. The van der Waals surface area contributed by atoms with E-state index in [-0.39, 0.29) is 65.6 Å². The van der Waals surface area contributed by atoms with Crippen molar-refractivity contribution in [1.29, 1.82) is 5.41 Å². The standard InChI is InChI=1S/C26H27FN8O6/c1-14(37)41-20-11-16(4-5-18(20)23(28)29)32-22(24-33-26(38)35(34-24)25-30-6-3-7-31-25)19-12-17(39-2)10-15(21(19)27)13-40-9-8-36/h3-7,10-12,22,32,36H,8-9,13H2,1-2H3,(H3,28,29)(H,33,34,38). The Bertz CT molecular complexity index is 1610. The van der Waals surface area contributed by atoms with Crippen LogP contribution >= 0.6 is 0 Å². The average molecular weight is 567 g/mol. The van der Waals surface area contributed by atoms with Crippen molar-refractivity contribution in [1.82, 2.24) is 24.7 Å². The maximum absolute atomic E-state index is 16.0. The summed E-state index contributed by atoms with van der Waals surface area (Å²) in [6, 6.07) is 7.70. The van der Waals surface area contributed by atoms with Crippen LogP contribution in [0.15, 0.2) is 53.6 Å². The summed E-state index contributed by atoms with van der Waals surface area (Å²) in [5.41, 5.74) is 5.57. The Hall–Kier alpha value is -5.15. The molecule has 0 aliphatic rings. The van der Waals surface area contributed by atoms with E-state index in [2.05, 4.69) is 25.4 Å². The number of ether oxygens (including phenoxy) is 3. The van der Waals surface area contributed by atoms with Gasteiger partial charge in [0.2, 0.25) is 0 Å². The number of carbonyl (C=O) groups is 1. The maximum Gasteiger partial charge on any atom is 0.350 e. The Morgan fingerprint density at radius 3 is 2.68 bits per heavy atom. The highest BCUT2D eigenvalue weighted by Crippen LogP contribution is 2.33. The van der Waals surface area contributed by atoms with E-state index in [0.29, 0.717) is 5.69 Å². The van der Waals surface area contributed by atoms with Crippen LogP contribution in [0.3, 0.4) is 0 Å². The molecular formula is C26H27FN8O6. The average Bonchev–Trinajstić information content (AvgIpc) is 3.34. The Kier molecular flexibility index (Phi) is 9.01. The first-order valence-corrected chi connectivity index (χ1v) is 12.2. The lowest BCUT2D eigenvalue weighted by Crippen LogP contribution is -2.19. The molecule has 15 heteroatoms. The number of halogens is 1. The fraction of sp³-hybridized carbons (Fsp3) is 0.231. The van der Waals surface area contributed by atoms with Gasteiger partial charge in [0.25, 0.3) is 5.95 Å². The molecule has 0 bridgehead atoms. The number of anilines is 1. The SMILES string of the molecule is COc1cc(COCCO)c(F)c(C(Nc2ccc(C(=N)N)c(OC(C)=O)c2)c2nn(-c3ncccn3)c(=O)[nH]2)c1. The van der Waals surface area contributed by atoms with Crippen molar-refractivity contribution in [2.24, 2.45) is 5.73 Å². The van der Waals surface area contributed by atoms with Gasteiger partial charge >= 0.3 is 11.7 Å². The Morgan fingerprint density at radius 2 is 2.02 bits per heavy atom. The third-order valence-electron chi connectivity index (χ3n) is 5.68. The molecule has 0 aliphatic carbocycles. The van der Waals surface area contributed by atoms with E-state index in [1.54, 1.807) is 6.07 Å². The minimum absolute atomic E-state index is 0.00494. The number of H-pyrrole nitrogens is 1. The maximum atomic E-state index is 16.0. The first-order chi connectivity index (χ1) is 19.7. The van der Waals surface area contributed by atoms with E-state index < -0.39 is 23.5 Å². The lowest BCUT2D eigenvalue weighted by atomic mass is 10.0. The highest BCUT2D eigenvalue weighted by Gasteiger charge is 2.27. The van der Waals surface area contributed by atoms with Crippen LogP contribution in [0.1, 0.15) is 35.5 Å². The smallest absolute Gasteiger partial charge is 0.350 e. The second-order valence-electron chi connectivity index (χ2n) is 8.54. The van der Waals surface area contributed by atoms with Gasteiger partial charge in [-0.25, -0.2) is 19.2 Å². The number of nitrogens with two attached hydrogens (primary N) is 1. The zero-order valence-electron chi connectivity index (χ0n) is 22.1. The van der Waals surface area contributed by atoms with Crippen molar-refractivity contribution in [3.63, 3.8) is 0 Å². The van der Waals surface area contributed by atoms with Gasteiger partial charge in [0.15, 0.2) is 5.82 Å². The van der Waals surface area contributed by atoms with Crippen LogP contribution in [0.5, 0.6) is 11.5 Å². The number of aliphatic hydroxyl groups is 1. The molecule has 0 saturated heterocycles. The summed E-state index contributed by atoms with van der Waals surface area (Å²) in [6.45, 7) is 0.769. The highest BCUT2D eigenvalue weighted by molar-refractivity contribution is 5.98. The van der Waals surface area contributed by atoms with Gasteiger partial charge in [-0.15, -0.1) is 9.78 Å². The first-order valence-electron chi connectivity index (χ1n) is 12.2. The van der Waals surface area contributed by atoms with Gasteiger partial charge in [0.05, 0.1) is 32.5 Å². The van der Waals surface area contributed by atoms with E-state index in [0.717, 1.165) is 4.68 Å². The Balaban J connectivity index is 1.86. The largest absolute Gasteiger partial charge is 0.497 e. The van der Waals surface area contributed by atoms with Crippen LogP contribution in [0, 0.1) is 11.2 Å². The van der Waals surface area contributed by atoms with E-state index in [1.807, 2.05) is 0 Å². The van der Waals surface area contributed by atoms with E-state index in [4.69, 9.17) is 30.5 Å². The molecule has 0 fully saturated rings. The zero-order valence-corrected chi connectivity index (χ0v) is 22.1. The van der Waals surface area contributed by atoms with Crippen molar-refractivity contribution >= 4 is 17.5 Å². The summed E-state index contributed by atoms with van der Waals surface area (Å²) < 4.78 is 32.9. The minimum atomic E-state index is -1.15. The van der Waals surface area contributed by atoms with E-state index >= 15 is 4.39 Å². The lowest BCUT2D eigenvalue weighted by Gasteiger charge is -2.22. The molecule has 214 valence electrons. The molecule has 41 heavy (non-hydrogen) atoms. The molecular weight excluding hydrogens is 539 g/mol. The number of benzene rings is 2. The molecule has 0 aliphatic heterocycles. The zero-order chi connectivity index (χ0) is 29.5. The van der Waals surface area contributed by atoms with Gasteiger partial charge in [0.1, 0.15) is 29.2 Å². The topological polar surface area (TPSA) is 203 Å². The quantitative estimate of drug-likeness (QED) is 0.0545. The van der Waals surface area contributed by atoms with Gasteiger partial charge in [-0.3, -0.25) is 15.2 Å². The molecule has 2 heterocycles. The summed E-state index contributed by atoms with van der Waals surface area (Å²) in [7, 11) is 1.41. The summed E-state index contributed by atoms with van der Waals surface area (Å²) in [6.07, 6.45) is 2.87. The van der Waals surface area contributed by atoms with Crippen molar-refractivity contribution in [2.75, 3.05) is 25.6 Å². The lowest BCUT2D eigenvalue weighted by molar-refractivity contribution is -0.131. The number of nitrogens with zero attached hydrogens (tertiary/aromatic N) is 4. The normalized spacial score (nSPS) is 11.6. The number of hydrogen-bond acceptors (Lipinski definition) is 11. The van der Waals surface area contributed by atoms with Crippen LogP contribution in [0.25, 0.3) is 5.95 Å². The molecule has 1 atom stereocenters. The molecule has 2 aromatic carbocycles. The minimum Gasteiger partial charge on any atom is -0.497 e. The molecule has 4 aromatic rings. The number of rotatable bonds is 12. The molecule has 0 radical (unpaired) electrons. The van der Waals surface area contributed by atoms with E-state index in [9.17, 15) is 9.59 Å². The van der Waals surface area contributed by atoms with Crippen molar-refractivity contribution in [3.05, 3.63) is 87.6 Å². The first kappa shape index (κ1) is 28.8. The highest BCUT2D eigenvalue weighted by atomic mass is 19.1. The molecule has 2 aromatic heterocycles. The summed E-state index contributed by atoms with van der Waals surface area (Å²) in [5.74, 6) is -1.40. The molecule has 14 nitrogen and oxygen atoms in total. The fourth-order valence-corrected chi connectivity index (χ4v) is 3.90. The number of aromatic amines is 1. The van der Waals surface area contributed by atoms with Gasteiger partial charge in [0, 0.05) is 42.2 Å². The molecule has 6 N–H and O–H groups in total. The van der Waals surface area contributed by atoms with Crippen LogP contribution in [0.2, 0.25) is 0 Å². The second kappa shape index (κ2) is 12.8. The Labute approximate surface area is 232 Å². The monoisotopic (exact) mass is 566 g/mol. The van der Waals surface area contributed by atoms with E-state index in [1.165, 1.54) is 56.8 Å². The molecule has 0 saturated carbocycles. The number of methoxy groups -OCH3 is 1. The number of amidine groups is 1. The molecule has 1 unspecified atom stereocenters. The molecule has 0 amide bonds. The number of nitrogen functional groups attached to an aromatic ring is 1. The fourth-order valence-electron chi connectivity index (χ4n) is 3.90. The number of aromatic nitrogens is 5. The van der Waals surface area contributed by atoms with Crippen molar-refractivity contribution in [3.8, 4) is 17.4 Å². The summed E-state index contributed by atoms with van der Waals surface area (Å²) in [4.78, 5) is 35.2.